The van der Waals surface area contributed by atoms with E-state index >= 15 is 0 Å². The van der Waals surface area contributed by atoms with E-state index in [1.807, 2.05) is 0 Å². The van der Waals surface area contributed by atoms with Gasteiger partial charge in [0.1, 0.15) is 5.15 Å². The first-order chi connectivity index (χ1) is 11.0. The normalized spacial score (nSPS) is 10.3. The van der Waals surface area contributed by atoms with Crippen molar-refractivity contribution in [2.75, 3.05) is 6.61 Å². The van der Waals surface area contributed by atoms with Crippen molar-refractivity contribution in [1.82, 2.24) is 9.78 Å². The zero-order valence-corrected chi connectivity index (χ0v) is 12.9. The lowest BCUT2D eigenvalue weighted by molar-refractivity contribution is 0.0516. The Balaban J connectivity index is 2.37. The number of carboxylic acids is 1. The molecule has 1 N–H and O–H groups in total. The number of ether oxygens (including phenoxy) is 1. The summed E-state index contributed by atoms with van der Waals surface area (Å²) in [5.74, 6) is -1.80. The molecule has 0 aliphatic heterocycles. The van der Waals surface area contributed by atoms with Gasteiger partial charge in [0.05, 0.1) is 24.3 Å². The summed E-state index contributed by atoms with van der Waals surface area (Å²) in [6.07, 6.45) is 0.436. The minimum Gasteiger partial charge on any atom is -0.478 e. The van der Waals surface area contributed by atoms with E-state index in [0.717, 1.165) is 0 Å². The molecule has 2 aromatic rings. The lowest BCUT2D eigenvalue weighted by Crippen LogP contribution is -2.09. The van der Waals surface area contributed by atoms with Crippen LogP contribution in [0.2, 0.25) is 5.15 Å². The fraction of sp³-hybridized carbons (Fsp3) is 0.200. The van der Waals surface area contributed by atoms with Crippen LogP contribution in [0.3, 0.4) is 0 Å². The Morgan fingerprint density at radius 1 is 1.43 bits per heavy atom. The smallest absolute Gasteiger partial charge is 0.359 e. The number of rotatable bonds is 6. The van der Waals surface area contributed by atoms with Crippen molar-refractivity contribution < 1.29 is 24.2 Å². The van der Waals surface area contributed by atoms with E-state index in [2.05, 4.69) is 5.10 Å². The number of hydrogen-bond acceptors (Lipinski definition) is 5. The quantitative estimate of drug-likeness (QED) is 0.641. The lowest BCUT2D eigenvalue weighted by atomic mass is 10.1. The molecule has 0 fully saturated rings. The molecular formula is C15H13ClN2O5. The molecule has 0 spiro atoms. The van der Waals surface area contributed by atoms with E-state index in [1.165, 1.54) is 16.8 Å². The number of aldehydes is 1. The number of hydrogen-bond donors (Lipinski definition) is 1. The molecule has 0 unspecified atom stereocenters. The van der Waals surface area contributed by atoms with E-state index < -0.39 is 11.9 Å². The highest BCUT2D eigenvalue weighted by atomic mass is 35.5. The summed E-state index contributed by atoms with van der Waals surface area (Å²) in [4.78, 5) is 33.9. The van der Waals surface area contributed by atoms with Crippen LogP contribution in [0.15, 0.2) is 24.3 Å². The van der Waals surface area contributed by atoms with Crippen LogP contribution in [0.5, 0.6) is 0 Å². The van der Waals surface area contributed by atoms with Gasteiger partial charge in [-0.25, -0.2) is 14.3 Å². The number of carbonyl (C=O) groups is 3. The summed E-state index contributed by atoms with van der Waals surface area (Å²) in [6, 6.07) is 6.19. The number of halogens is 1. The minimum absolute atomic E-state index is 0.0104. The molecule has 7 nitrogen and oxygen atoms in total. The Hall–Kier alpha value is -2.67. The van der Waals surface area contributed by atoms with Crippen molar-refractivity contribution in [3.05, 3.63) is 51.8 Å². The molecule has 0 aliphatic carbocycles. The minimum atomic E-state index is -1.06. The molecule has 1 aromatic carbocycles. The Morgan fingerprint density at radius 3 is 2.78 bits per heavy atom. The number of carboxylic acid groups (broad SMARTS) is 1. The van der Waals surface area contributed by atoms with Gasteiger partial charge in [-0.1, -0.05) is 23.7 Å². The highest BCUT2D eigenvalue weighted by molar-refractivity contribution is 6.32. The van der Waals surface area contributed by atoms with Gasteiger partial charge in [0.2, 0.25) is 0 Å². The summed E-state index contributed by atoms with van der Waals surface area (Å²) >= 11 is 6.07. The Labute approximate surface area is 136 Å². The van der Waals surface area contributed by atoms with Crippen LogP contribution >= 0.6 is 11.6 Å². The summed E-state index contributed by atoms with van der Waals surface area (Å²) < 4.78 is 6.08. The van der Waals surface area contributed by atoms with E-state index in [-0.39, 0.29) is 35.1 Å². The van der Waals surface area contributed by atoms with Crippen molar-refractivity contribution in [1.29, 1.82) is 0 Å². The largest absolute Gasteiger partial charge is 0.478 e. The number of carbonyl (C=O) groups excluding carboxylic acids is 2. The maximum absolute atomic E-state index is 11.8. The second-order valence-electron chi connectivity index (χ2n) is 4.55. The van der Waals surface area contributed by atoms with Gasteiger partial charge < -0.3 is 9.84 Å². The average Bonchev–Trinajstić information content (AvgIpc) is 2.84. The molecule has 0 saturated carbocycles. The van der Waals surface area contributed by atoms with Crippen LogP contribution < -0.4 is 0 Å². The molecule has 1 aromatic heterocycles. The second kappa shape index (κ2) is 7.06. The van der Waals surface area contributed by atoms with Crippen molar-refractivity contribution in [3.8, 4) is 0 Å². The van der Waals surface area contributed by atoms with Crippen molar-refractivity contribution in [2.24, 2.45) is 0 Å². The molecule has 0 amide bonds. The molecule has 0 radical (unpaired) electrons. The third-order valence-electron chi connectivity index (χ3n) is 3.02. The lowest BCUT2D eigenvalue weighted by Gasteiger charge is -2.04. The predicted molar refractivity (Wildman–Crippen MR) is 81.1 cm³/mol. The number of nitrogens with zero attached hydrogens (tertiary/aromatic N) is 2. The molecule has 1 heterocycles. The second-order valence-corrected chi connectivity index (χ2v) is 4.91. The van der Waals surface area contributed by atoms with Crippen LogP contribution in [0, 0.1) is 0 Å². The average molecular weight is 337 g/mol. The first kappa shape index (κ1) is 16.7. The van der Waals surface area contributed by atoms with Crippen LogP contribution in [-0.2, 0) is 11.3 Å². The third kappa shape index (κ3) is 3.57. The van der Waals surface area contributed by atoms with Crippen molar-refractivity contribution >= 4 is 29.8 Å². The van der Waals surface area contributed by atoms with Gasteiger partial charge in [0.25, 0.3) is 0 Å². The first-order valence-electron chi connectivity index (χ1n) is 6.68. The Bertz CT molecular complexity index is 769. The molecular weight excluding hydrogens is 324 g/mol. The number of aromatic carboxylic acids is 1. The number of aromatic nitrogens is 2. The molecule has 120 valence electrons. The summed E-state index contributed by atoms with van der Waals surface area (Å²) in [6.45, 7) is 1.89. The highest BCUT2D eigenvalue weighted by Crippen LogP contribution is 2.20. The topological polar surface area (TPSA) is 98.5 Å². The Kier molecular flexibility index (Phi) is 5.13. The van der Waals surface area contributed by atoms with Gasteiger partial charge >= 0.3 is 11.9 Å². The summed E-state index contributed by atoms with van der Waals surface area (Å²) in [7, 11) is 0. The first-order valence-corrected chi connectivity index (χ1v) is 7.06. The zero-order valence-electron chi connectivity index (χ0n) is 12.2. The molecule has 0 aliphatic rings. The molecule has 23 heavy (non-hydrogen) atoms. The monoisotopic (exact) mass is 336 g/mol. The SMILES string of the molecule is CCOC(=O)c1nn(Cc2cccc(C(=O)O)c2)c(Cl)c1C=O. The molecule has 0 bridgehead atoms. The van der Waals surface area contributed by atoms with Gasteiger partial charge in [0.15, 0.2) is 12.0 Å². The summed E-state index contributed by atoms with van der Waals surface area (Å²) in [5, 5.41) is 13.0. The van der Waals surface area contributed by atoms with Crippen LogP contribution in [0.25, 0.3) is 0 Å². The fourth-order valence-electron chi connectivity index (χ4n) is 1.99. The van der Waals surface area contributed by atoms with Crippen LogP contribution in [0.4, 0.5) is 0 Å². The van der Waals surface area contributed by atoms with Crippen LogP contribution in [0.1, 0.15) is 43.7 Å². The van der Waals surface area contributed by atoms with Gasteiger partial charge in [-0.3, -0.25) is 4.79 Å². The summed E-state index contributed by atoms with van der Waals surface area (Å²) in [5.41, 5.74) is 0.509. The molecule has 0 saturated heterocycles. The van der Waals surface area contributed by atoms with E-state index in [0.29, 0.717) is 11.8 Å². The molecule has 2 rings (SSSR count). The van der Waals surface area contributed by atoms with Crippen molar-refractivity contribution in [3.63, 3.8) is 0 Å². The van der Waals surface area contributed by atoms with Gasteiger partial charge in [-0.2, -0.15) is 5.10 Å². The van der Waals surface area contributed by atoms with Gasteiger partial charge in [-0.15, -0.1) is 0 Å². The third-order valence-corrected chi connectivity index (χ3v) is 3.42. The van der Waals surface area contributed by atoms with Gasteiger partial charge in [-0.05, 0) is 24.6 Å². The molecule has 8 heteroatoms. The Morgan fingerprint density at radius 2 is 2.17 bits per heavy atom. The van der Waals surface area contributed by atoms with Crippen LogP contribution in [-0.4, -0.2) is 39.7 Å². The predicted octanol–water partition coefficient (Wildman–Crippen LogP) is 2.27. The zero-order chi connectivity index (χ0) is 17.0. The van der Waals surface area contributed by atoms with E-state index in [4.69, 9.17) is 21.4 Å². The van der Waals surface area contributed by atoms with Gasteiger partial charge in [0, 0.05) is 0 Å². The highest BCUT2D eigenvalue weighted by Gasteiger charge is 2.22. The number of benzene rings is 1. The maximum Gasteiger partial charge on any atom is 0.359 e. The van der Waals surface area contributed by atoms with E-state index in [9.17, 15) is 14.4 Å². The fourth-order valence-corrected chi connectivity index (χ4v) is 2.22. The van der Waals surface area contributed by atoms with E-state index in [1.54, 1.807) is 19.1 Å². The van der Waals surface area contributed by atoms with Crippen molar-refractivity contribution in [2.45, 2.75) is 13.5 Å². The molecule has 0 atom stereocenters. The number of esters is 1. The standard InChI is InChI=1S/C15H13ClN2O5/c1-2-23-15(22)12-11(8-19)13(16)18(17-12)7-9-4-3-5-10(6-9)14(20)21/h3-6,8H,2,7H2,1H3,(H,20,21). The maximum atomic E-state index is 11.8.